The largest absolute Gasteiger partial charge is 0.496 e. The molecule has 0 saturated carbocycles. The minimum Gasteiger partial charge on any atom is -0.496 e. The van der Waals surface area contributed by atoms with Crippen molar-refractivity contribution in [1.29, 1.82) is 0 Å². The predicted molar refractivity (Wildman–Crippen MR) is 77.1 cm³/mol. The second kappa shape index (κ2) is 7.29. The molecule has 3 heteroatoms. The normalized spacial score (nSPS) is 12.3. The average molecular weight is 264 g/mol. The van der Waals surface area contributed by atoms with Gasteiger partial charge in [0.2, 0.25) is 0 Å². The average Bonchev–Trinajstić information content (AvgIpc) is 2.40. The van der Waals surface area contributed by atoms with E-state index in [4.69, 9.17) is 9.47 Å². The van der Waals surface area contributed by atoms with Gasteiger partial charge in [0, 0.05) is 6.61 Å². The van der Waals surface area contributed by atoms with Crippen LogP contribution in [0.3, 0.4) is 0 Å². The third kappa shape index (κ3) is 3.57. The van der Waals surface area contributed by atoms with Crippen LogP contribution in [0.5, 0.6) is 5.75 Å². The molecule has 0 saturated heterocycles. The summed E-state index contributed by atoms with van der Waals surface area (Å²) >= 11 is 0. The summed E-state index contributed by atoms with van der Waals surface area (Å²) in [6, 6.07) is 3.80. The summed E-state index contributed by atoms with van der Waals surface area (Å²) in [5.41, 5.74) is 2.76. The van der Waals surface area contributed by atoms with Crippen LogP contribution in [-0.4, -0.2) is 25.6 Å². The first-order chi connectivity index (χ1) is 9.06. The van der Waals surface area contributed by atoms with Crippen LogP contribution in [0.25, 0.3) is 0 Å². The van der Waals surface area contributed by atoms with E-state index in [0.29, 0.717) is 17.9 Å². The zero-order chi connectivity index (χ0) is 14.4. The van der Waals surface area contributed by atoms with Gasteiger partial charge in [-0.3, -0.25) is 4.79 Å². The van der Waals surface area contributed by atoms with Gasteiger partial charge < -0.3 is 9.47 Å². The van der Waals surface area contributed by atoms with E-state index >= 15 is 0 Å². The van der Waals surface area contributed by atoms with E-state index in [0.717, 1.165) is 24.0 Å². The summed E-state index contributed by atoms with van der Waals surface area (Å²) in [4.78, 5) is 12.6. The maximum absolute atomic E-state index is 12.6. The standard InChI is InChI=1S/C16H24O3/c1-6-8-14(19-7-2)15(17)13-10-9-11(3)12(4)16(13)18-5/h9-10,14H,6-8H2,1-5H3. The highest BCUT2D eigenvalue weighted by atomic mass is 16.5. The second-order valence-corrected chi connectivity index (χ2v) is 4.69. The molecular formula is C16H24O3. The lowest BCUT2D eigenvalue weighted by molar-refractivity contribution is 0.0420. The third-order valence-corrected chi connectivity index (χ3v) is 3.36. The van der Waals surface area contributed by atoms with Gasteiger partial charge in [0.05, 0.1) is 12.7 Å². The van der Waals surface area contributed by atoms with Gasteiger partial charge in [-0.05, 0) is 44.4 Å². The Balaban J connectivity index is 3.13. The van der Waals surface area contributed by atoms with E-state index in [1.165, 1.54) is 0 Å². The van der Waals surface area contributed by atoms with E-state index < -0.39 is 0 Å². The fraction of sp³-hybridized carbons (Fsp3) is 0.562. The van der Waals surface area contributed by atoms with E-state index in [-0.39, 0.29) is 11.9 Å². The summed E-state index contributed by atoms with van der Waals surface area (Å²) in [5.74, 6) is 0.689. The van der Waals surface area contributed by atoms with E-state index in [2.05, 4.69) is 6.92 Å². The van der Waals surface area contributed by atoms with Crippen LogP contribution < -0.4 is 4.74 Å². The van der Waals surface area contributed by atoms with Crippen LogP contribution in [0.1, 0.15) is 48.2 Å². The second-order valence-electron chi connectivity index (χ2n) is 4.69. The topological polar surface area (TPSA) is 35.5 Å². The molecule has 0 heterocycles. The fourth-order valence-corrected chi connectivity index (χ4v) is 2.17. The number of benzene rings is 1. The summed E-state index contributed by atoms with van der Waals surface area (Å²) in [7, 11) is 1.61. The molecule has 0 amide bonds. The smallest absolute Gasteiger partial charge is 0.195 e. The van der Waals surface area contributed by atoms with Gasteiger partial charge in [-0.1, -0.05) is 19.4 Å². The van der Waals surface area contributed by atoms with E-state index in [9.17, 15) is 4.79 Å². The van der Waals surface area contributed by atoms with Crippen molar-refractivity contribution in [2.24, 2.45) is 0 Å². The first kappa shape index (κ1) is 15.7. The number of aryl methyl sites for hydroxylation is 1. The first-order valence-electron chi connectivity index (χ1n) is 6.86. The quantitative estimate of drug-likeness (QED) is 0.704. The number of ether oxygens (including phenoxy) is 2. The predicted octanol–water partition coefficient (Wildman–Crippen LogP) is 3.70. The molecule has 1 aromatic carbocycles. The molecular weight excluding hydrogens is 240 g/mol. The number of methoxy groups -OCH3 is 1. The minimum absolute atomic E-state index is 0.0173. The number of carbonyl (C=O) groups is 1. The summed E-state index contributed by atoms with van der Waals surface area (Å²) in [5, 5.41) is 0. The minimum atomic E-state index is -0.369. The van der Waals surface area contributed by atoms with Crippen LogP contribution in [0.15, 0.2) is 12.1 Å². The van der Waals surface area contributed by atoms with Gasteiger partial charge in [-0.25, -0.2) is 0 Å². The number of carbonyl (C=O) groups excluding carboxylic acids is 1. The highest BCUT2D eigenvalue weighted by Gasteiger charge is 2.23. The molecule has 0 aromatic heterocycles. The molecule has 106 valence electrons. The molecule has 1 rings (SSSR count). The maximum Gasteiger partial charge on any atom is 0.195 e. The van der Waals surface area contributed by atoms with Crippen molar-refractivity contribution in [1.82, 2.24) is 0 Å². The molecule has 0 radical (unpaired) electrons. The molecule has 1 unspecified atom stereocenters. The monoisotopic (exact) mass is 264 g/mol. The van der Waals surface area contributed by atoms with Crippen molar-refractivity contribution >= 4 is 5.78 Å². The van der Waals surface area contributed by atoms with Crippen molar-refractivity contribution in [3.05, 3.63) is 28.8 Å². The van der Waals surface area contributed by atoms with Crippen molar-refractivity contribution < 1.29 is 14.3 Å². The Morgan fingerprint density at radius 1 is 1.26 bits per heavy atom. The van der Waals surface area contributed by atoms with Crippen LogP contribution >= 0.6 is 0 Å². The molecule has 0 bridgehead atoms. The van der Waals surface area contributed by atoms with Gasteiger partial charge in [0.15, 0.2) is 5.78 Å². The van der Waals surface area contributed by atoms with E-state index in [1.54, 1.807) is 7.11 Å². The molecule has 1 aromatic rings. The lowest BCUT2D eigenvalue weighted by atomic mass is 9.97. The molecule has 0 aliphatic heterocycles. The Morgan fingerprint density at radius 3 is 2.47 bits per heavy atom. The molecule has 0 spiro atoms. The third-order valence-electron chi connectivity index (χ3n) is 3.36. The molecule has 0 aliphatic rings. The molecule has 1 atom stereocenters. The van der Waals surface area contributed by atoms with Crippen LogP contribution in [-0.2, 0) is 4.74 Å². The van der Waals surface area contributed by atoms with Crippen LogP contribution in [0, 0.1) is 13.8 Å². The van der Waals surface area contributed by atoms with Gasteiger partial charge in [0.1, 0.15) is 11.9 Å². The SMILES string of the molecule is CCCC(OCC)C(=O)c1ccc(C)c(C)c1OC. The zero-order valence-corrected chi connectivity index (χ0v) is 12.6. The zero-order valence-electron chi connectivity index (χ0n) is 12.6. The summed E-state index contributed by atoms with van der Waals surface area (Å²) < 4.78 is 11.0. The first-order valence-corrected chi connectivity index (χ1v) is 6.86. The Bertz CT molecular complexity index is 432. The summed E-state index contributed by atoms with van der Waals surface area (Å²) in [6.45, 7) is 8.49. The number of Topliss-reactive ketones (excluding diaryl/α,β-unsaturated/α-hetero) is 1. The summed E-state index contributed by atoms with van der Waals surface area (Å²) in [6.07, 6.45) is 1.29. The van der Waals surface area contributed by atoms with Crippen molar-refractivity contribution in [3.63, 3.8) is 0 Å². The molecule has 3 nitrogen and oxygen atoms in total. The molecule has 0 fully saturated rings. The van der Waals surface area contributed by atoms with Gasteiger partial charge in [0.25, 0.3) is 0 Å². The number of rotatable bonds is 7. The lowest BCUT2D eigenvalue weighted by Crippen LogP contribution is -2.25. The van der Waals surface area contributed by atoms with Crippen LogP contribution in [0.4, 0.5) is 0 Å². The fourth-order valence-electron chi connectivity index (χ4n) is 2.17. The van der Waals surface area contributed by atoms with Crippen LogP contribution in [0.2, 0.25) is 0 Å². The van der Waals surface area contributed by atoms with Crippen molar-refractivity contribution in [2.75, 3.05) is 13.7 Å². The Hall–Kier alpha value is -1.35. The van der Waals surface area contributed by atoms with Crippen molar-refractivity contribution in [2.45, 2.75) is 46.6 Å². The lowest BCUT2D eigenvalue weighted by Gasteiger charge is -2.18. The number of ketones is 1. The Morgan fingerprint density at radius 2 is 1.95 bits per heavy atom. The molecule has 0 aliphatic carbocycles. The van der Waals surface area contributed by atoms with Gasteiger partial charge >= 0.3 is 0 Å². The highest BCUT2D eigenvalue weighted by Crippen LogP contribution is 2.28. The van der Waals surface area contributed by atoms with Gasteiger partial charge in [-0.2, -0.15) is 0 Å². The maximum atomic E-state index is 12.6. The Labute approximate surface area is 115 Å². The van der Waals surface area contributed by atoms with Gasteiger partial charge in [-0.15, -0.1) is 0 Å². The highest BCUT2D eigenvalue weighted by molar-refractivity contribution is 6.02. The number of hydrogen-bond acceptors (Lipinski definition) is 3. The number of hydrogen-bond donors (Lipinski definition) is 0. The molecule has 19 heavy (non-hydrogen) atoms. The van der Waals surface area contributed by atoms with E-state index in [1.807, 2.05) is 32.9 Å². The molecule has 0 N–H and O–H groups in total. The Kier molecular flexibility index (Phi) is 6.03. The van der Waals surface area contributed by atoms with Crippen molar-refractivity contribution in [3.8, 4) is 5.75 Å².